The largest absolute Gasteiger partial charge is 0.383 e. The SMILES string of the molecule is OC(c1cc2ccccc2s1)c1csc2c(Br)cccc12. The molecule has 21 heavy (non-hydrogen) atoms. The lowest BCUT2D eigenvalue weighted by molar-refractivity contribution is 0.226. The Morgan fingerprint density at radius 2 is 1.90 bits per heavy atom. The molecule has 2 aromatic carbocycles. The number of aliphatic hydroxyl groups excluding tert-OH is 1. The van der Waals surface area contributed by atoms with Crippen molar-refractivity contribution < 1.29 is 5.11 Å². The van der Waals surface area contributed by atoms with E-state index in [9.17, 15) is 5.11 Å². The van der Waals surface area contributed by atoms with Crippen LogP contribution in [0.5, 0.6) is 0 Å². The Morgan fingerprint density at radius 1 is 1.05 bits per heavy atom. The Labute approximate surface area is 138 Å². The van der Waals surface area contributed by atoms with E-state index in [0.717, 1.165) is 20.3 Å². The van der Waals surface area contributed by atoms with Crippen LogP contribution in [0, 0.1) is 0 Å². The average Bonchev–Trinajstić information content (AvgIpc) is 3.11. The summed E-state index contributed by atoms with van der Waals surface area (Å²) in [5.41, 5.74) is 0.989. The summed E-state index contributed by atoms with van der Waals surface area (Å²) in [6.07, 6.45) is -0.564. The number of fused-ring (bicyclic) bond motifs is 2. The van der Waals surface area contributed by atoms with Gasteiger partial charge in [0.25, 0.3) is 0 Å². The molecular weight excluding hydrogens is 364 g/mol. The van der Waals surface area contributed by atoms with Gasteiger partial charge in [0.15, 0.2) is 0 Å². The van der Waals surface area contributed by atoms with Crippen LogP contribution in [-0.2, 0) is 0 Å². The van der Waals surface area contributed by atoms with Gasteiger partial charge >= 0.3 is 0 Å². The molecule has 0 saturated heterocycles. The van der Waals surface area contributed by atoms with E-state index in [-0.39, 0.29) is 0 Å². The van der Waals surface area contributed by atoms with Crippen molar-refractivity contribution in [2.75, 3.05) is 0 Å². The lowest BCUT2D eigenvalue weighted by atomic mass is 10.1. The number of halogens is 1. The molecule has 0 aliphatic rings. The third kappa shape index (κ3) is 2.23. The molecule has 4 rings (SSSR count). The van der Waals surface area contributed by atoms with Crippen molar-refractivity contribution in [1.82, 2.24) is 0 Å². The molecule has 4 aromatic rings. The Hall–Kier alpha value is -1.20. The predicted molar refractivity (Wildman–Crippen MR) is 95.4 cm³/mol. The first-order chi connectivity index (χ1) is 10.2. The molecule has 0 aliphatic heterocycles. The highest BCUT2D eigenvalue weighted by molar-refractivity contribution is 9.10. The molecular formula is C17H11BrOS2. The van der Waals surface area contributed by atoms with Gasteiger partial charge in [-0.2, -0.15) is 0 Å². The van der Waals surface area contributed by atoms with Crippen LogP contribution in [0.25, 0.3) is 20.2 Å². The van der Waals surface area contributed by atoms with Crippen molar-refractivity contribution in [1.29, 1.82) is 0 Å². The average molecular weight is 375 g/mol. The first-order valence-corrected chi connectivity index (χ1v) is 9.05. The molecule has 2 heterocycles. The first-order valence-electron chi connectivity index (χ1n) is 6.56. The second-order valence-corrected chi connectivity index (χ2v) is 7.75. The summed E-state index contributed by atoms with van der Waals surface area (Å²) in [6, 6.07) is 16.5. The normalized spacial score (nSPS) is 13.0. The van der Waals surface area contributed by atoms with Gasteiger partial charge in [-0.25, -0.2) is 0 Å². The first kappa shape index (κ1) is 13.5. The van der Waals surface area contributed by atoms with E-state index in [2.05, 4.69) is 45.6 Å². The zero-order valence-corrected chi connectivity index (χ0v) is 14.1. The predicted octanol–water partition coefficient (Wildman–Crippen LogP) is 5.96. The van der Waals surface area contributed by atoms with Gasteiger partial charge in [-0.1, -0.05) is 30.3 Å². The second-order valence-electron chi connectivity index (χ2n) is 4.90. The summed E-state index contributed by atoms with van der Waals surface area (Å²) < 4.78 is 3.49. The van der Waals surface area contributed by atoms with Crippen molar-refractivity contribution in [3.05, 3.63) is 68.8 Å². The molecule has 1 nitrogen and oxygen atoms in total. The molecule has 1 atom stereocenters. The Kier molecular flexibility index (Phi) is 3.34. The summed E-state index contributed by atoms with van der Waals surface area (Å²) in [6.45, 7) is 0. The number of aliphatic hydroxyl groups is 1. The third-order valence-corrected chi connectivity index (χ3v) is 6.73. The van der Waals surface area contributed by atoms with Crippen LogP contribution >= 0.6 is 38.6 Å². The van der Waals surface area contributed by atoms with Crippen LogP contribution < -0.4 is 0 Å². The van der Waals surface area contributed by atoms with E-state index in [1.165, 1.54) is 14.8 Å². The summed E-state index contributed by atoms with van der Waals surface area (Å²) in [4.78, 5) is 0.996. The van der Waals surface area contributed by atoms with Gasteiger partial charge in [0, 0.05) is 24.3 Å². The van der Waals surface area contributed by atoms with Crippen LogP contribution in [0.1, 0.15) is 16.5 Å². The Bertz CT molecular complexity index is 905. The minimum absolute atomic E-state index is 0.564. The van der Waals surface area contributed by atoms with Gasteiger partial charge in [-0.05, 0) is 50.3 Å². The van der Waals surface area contributed by atoms with Crippen LogP contribution in [0.2, 0.25) is 0 Å². The van der Waals surface area contributed by atoms with Gasteiger partial charge in [0.1, 0.15) is 6.10 Å². The number of rotatable bonds is 2. The maximum atomic E-state index is 10.8. The van der Waals surface area contributed by atoms with Crippen LogP contribution in [-0.4, -0.2) is 5.11 Å². The van der Waals surface area contributed by atoms with E-state index in [4.69, 9.17) is 0 Å². The van der Waals surface area contributed by atoms with Crippen molar-refractivity contribution in [3.63, 3.8) is 0 Å². The highest BCUT2D eigenvalue weighted by atomic mass is 79.9. The molecule has 0 fully saturated rings. The lowest BCUT2D eigenvalue weighted by Gasteiger charge is -2.07. The Balaban J connectivity index is 1.85. The lowest BCUT2D eigenvalue weighted by Crippen LogP contribution is -1.95. The van der Waals surface area contributed by atoms with Crippen molar-refractivity contribution >= 4 is 58.8 Å². The molecule has 0 amide bonds. The molecule has 1 unspecified atom stereocenters. The molecule has 0 saturated carbocycles. The second kappa shape index (κ2) is 5.21. The summed E-state index contributed by atoms with van der Waals surface area (Å²) in [7, 11) is 0. The number of benzene rings is 2. The fraction of sp³-hybridized carbons (Fsp3) is 0.0588. The van der Waals surface area contributed by atoms with E-state index in [1.54, 1.807) is 22.7 Å². The third-order valence-electron chi connectivity index (χ3n) is 3.59. The molecule has 0 bridgehead atoms. The van der Waals surface area contributed by atoms with E-state index < -0.39 is 6.10 Å². The highest BCUT2D eigenvalue weighted by Gasteiger charge is 2.18. The zero-order chi connectivity index (χ0) is 14.4. The van der Waals surface area contributed by atoms with Gasteiger partial charge in [0.2, 0.25) is 0 Å². The van der Waals surface area contributed by atoms with Crippen LogP contribution in [0.4, 0.5) is 0 Å². The van der Waals surface area contributed by atoms with Crippen molar-refractivity contribution in [3.8, 4) is 0 Å². The molecule has 4 heteroatoms. The minimum Gasteiger partial charge on any atom is -0.383 e. The fourth-order valence-corrected chi connectivity index (χ4v) is 5.25. The maximum absolute atomic E-state index is 10.8. The Morgan fingerprint density at radius 3 is 2.76 bits per heavy atom. The molecule has 2 aromatic heterocycles. The highest BCUT2D eigenvalue weighted by Crippen LogP contribution is 2.40. The molecule has 104 valence electrons. The number of hydrogen-bond acceptors (Lipinski definition) is 3. The maximum Gasteiger partial charge on any atom is 0.115 e. The van der Waals surface area contributed by atoms with Gasteiger partial charge in [-0.3, -0.25) is 0 Å². The number of thiophene rings is 2. The summed E-state index contributed by atoms with van der Waals surface area (Å²) >= 11 is 6.90. The van der Waals surface area contributed by atoms with E-state index >= 15 is 0 Å². The molecule has 0 radical (unpaired) electrons. The monoisotopic (exact) mass is 374 g/mol. The zero-order valence-electron chi connectivity index (χ0n) is 10.9. The number of hydrogen-bond donors (Lipinski definition) is 1. The van der Waals surface area contributed by atoms with E-state index in [1.807, 2.05) is 24.3 Å². The summed E-state index contributed by atoms with van der Waals surface area (Å²) in [5.74, 6) is 0. The standard InChI is InChI=1S/C17H11BrOS2/c18-13-6-3-5-11-12(9-20-17(11)13)16(19)15-8-10-4-1-2-7-14(10)21-15/h1-9,16,19H. The van der Waals surface area contributed by atoms with Gasteiger partial charge < -0.3 is 5.11 Å². The topological polar surface area (TPSA) is 20.2 Å². The fourth-order valence-electron chi connectivity index (χ4n) is 2.54. The van der Waals surface area contributed by atoms with Gasteiger partial charge in [0.05, 0.1) is 0 Å². The quantitative estimate of drug-likeness (QED) is 0.458. The molecule has 0 aliphatic carbocycles. The van der Waals surface area contributed by atoms with Crippen molar-refractivity contribution in [2.45, 2.75) is 6.10 Å². The van der Waals surface area contributed by atoms with E-state index in [0.29, 0.717) is 0 Å². The molecule has 0 spiro atoms. The van der Waals surface area contributed by atoms with Gasteiger partial charge in [-0.15, -0.1) is 22.7 Å². The molecule has 1 N–H and O–H groups in total. The minimum atomic E-state index is -0.564. The van der Waals surface area contributed by atoms with Crippen LogP contribution in [0.15, 0.2) is 58.4 Å². The summed E-state index contributed by atoms with van der Waals surface area (Å²) in [5, 5.41) is 15.1. The smallest absolute Gasteiger partial charge is 0.115 e. The van der Waals surface area contributed by atoms with Crippen LogP contribution in [0.3, 0.4) is 0 Å². The van der Waals surface area contributed by atoms with Crippen molar-refractivity contribution in [2.24, 2.45) is 0 Å².